The van der Waals surface area contributed by atoms with Crippen molar-refractivity contribution in [2.24, 2.45) is 5.73 Å². The van der Waals surface area contributed by atoms with Gasteiger partial charge in [0.25, 0.3) is 0 Å². The summed E-state index contributed by atoms with van der Waals surface area (Å²) in [5.41, 5.74) is 8.83. The molecule has 2 atom stereocenters. The minimum Gasteiger partial charge on any atom is -0.327 e. The molecular weight excluding hydrogens is 338 g/mol. The smallest absolute Gasteiger partial charge is 0.0701 e. The average molecular weight is 356 g/mol. The highest BCUT2D eigenvalue weighted by molar-refractivity contribution is 9.11. The highest BCUT2D eigenvalue weighted by Gasteiger charge is 2.19. The third-order valence-corrected chi connectivity index (χ3v) is 6.41. The first-order valence-electron chi connectivity index (χ1n) is 6.22. The lowest BCUT2D eigenvalue weighted by molar-refractivity contribution is 0.730. The zero-order valence-electron chi connectivity index (χ0n) is 11.3. The van der Waals surface area contributed by atoms with Gasteiger partial charge in [-0.2, -0.15) is 0 Å². The van der Waals surface area contributed by atoms with Crippen LogP contribution in [0.25, 0.3) is 0 Å². The Morgan fingerprint density at radius 1 is 1.16 bits per heavy atom. The SMILES string of the molecule is Cc1ccc(SC(c2ccc(Br)s2)C(C)N)cc1C. The summed E-state index contributed by atoms with van der Waals surface area (Å²) in [6.07, 6.45) is 0. The molecule has 2 rings (SSSR count). The molecule has 0 saturated heterocycles. The van der Waals surface area contributed by atoms with Gasteiger partial charge in [0, 0.05) is 15.8 Å². The van der Waals surface area contributed by atoms with Crippen molar-refractivity contribution in [1.82, 2.24) is 0 Å². The quantitative estimate of drug-likeness (QED) is 0.752. The van der Waals surface area contributed by atoms with Gasteiger partial charge in [0.05, 0.1) is 9.04 Å². The monoisotopic (exact) mass is 355 g/mol. The first-order chi connectivity index (χ1) is 8.97. The van der Waals surface area contributed by atoms with E-state index in [1.165, 1.54) is 20.9 Å². The van der Waals surface area contributed by atoms with Crippen LogP contribution in [0.3, 0.4) is 0 Å². The number of halogens is 1. The molecule has 2 N–H and O–H groups in total. The lowest BCUT2D eigenvalue weighted by atomic mass is 10.1. The van der Waals surface area contributed by atoms with E-state index < -0.39 is 0 Å². The fourth-order valence-electron chi connectivity index (χ4n) is 1.84. The van der Waals surface area contributed by atoms with E-state index in [0.717, 1.165) is 3.79 Å². The number of benzene rings is 1. The second-order valence-corrected chi connectivity index (χ2v) is 8.50. The predicted molar refractivity (Wildman–Crippen MR) is 90.2 cm³/mol. The van der Waals surface area contributed by atoms with Gasteiger partial charge in [-0.3, -0.25) is 0 Å². The van der Waals surface area contributed by atoms with Crippen molar-refractivity contribution in [1.29, 1.82) is 0 Å². The summed E-state index contributed by atoms with van der Waals surface area (Å²) in [6.45, 7) is 6.37. The second-order valence-electron chi connectivity index (χ2n) is 4.79. The van der Waals surface area contributed by atoms with Gasteiger partial charge in [0.15, 0.2) is 0 Å². The van der Waals surface area contributed by atoms with Crippen LogP contribution in [-0.4, -0.2) is 6.04 Å². The molecule has 2 unspecified atom stereocenters. The first kappa shape index (κ1) is 15.1. The van der Waals surface area contributed by atoms with E-state index in [9.17, 15) is 0 Å². The molecule has 0 aliphatic rings. The summed E-state index contributed by atoms with van der Waals surface area (Å²) in [5, 5.41) is 0.304. The fraction of sp³-hybridized carbons (Fsp3) is 0.333. The van der Waals surface area contributed by atoms with Crippen LogP contribution in [0.5, 0.6) is 0 Å². The number of hydrogen-bond donors (Lipinski definition) is 1. The second kappa shape index (κ2) is 6.44. The molecular formula is C15H18BrNS2. The Bertz CT molecular complexity index is 563. The van der Waals surface area contributed by atoms with E-state index in [1.807, 2.05) is 11.8 Å². The Morgan fingerprint density at radius 3 is 2.42 bits per heavy atom. The largest absolute Gasteiger partial charge is 0.327 e. The summed E-state index contributed by atoms with van der Waals surface area (Å²) in [5.74, 6) is 0. The maximum atomic E-state index is 6.16. The van der Waals surface area contributed by atoms with E-state index in [1.54, 1.807) is 11.3 Å². The standard InChI is InChI=1S/C15H18BrNS2/c1-9-4-5-12(8-10(9)2)18-15(11(3)17)13-6-7-14(16)19-13/h4-8,11,15H,17H2,1-3H3. The van der Waals surface area contributed by atoms with Crippen LogP contribution in [-0.2, 0) is 0 Å². The molecule has 0 aliphatic carbocycles. The summed E-state index contributed by atoms with van der Waals surface area (Å²) in [4.78, 5) is 2.61. The Balaban J connectivity index is 2.23. The van der Waals surface area contributed by atoms with Gasteiger partial charge in [0.2, 0.25) is 0 Å². The number of thiophene rings is 1. The van der Waals surface area contributed by atoms with Gasteiger partial charge in [0.1, 0.15) is 0 Å². The third kappa shape index (κ3) is 3.85. The van der Waals surface area contributed by atoms with Crippen molar-refractivity contribution in [3.63, 3.8) is 0 Å². The maximum Gasteiger partial charge on any atom is 0.0701 e. The summed E-state index contributed by atoms with van der Waals surface area (Å²) in [6, 6.07) is 11.0. The number of hydrogen-bond acceptors (Lipinski definition) is 3. The van der Waals surface area contributed by atoms with Gasteiger partial charge in [-0.25, -0.2) is 0 Å². The minimum absolute atomic E-state index is 0.122. The highest BCUT2D eigenvalue weighted by atomic mass is 79.9. The zero-order chi connectivity index (χ0) is 14.0. The molecule has 0 radical (unpaired) electrons. The molecule has 1 nitrogen and oxygen atoms in total. The van der Waals surface area contributed by atoms with Gasteiger partial charge in [-0.15, -0.1) is 23.1 Å². The molecule has 19 heavy (non-hydrogen) atoms. The molecule has 0 amide bonds. The normalized spacial score (nSPS) is 14.4. The van der Waals surface area contributed by atoms with E-state index in [0.29, 0.717) is 5.25 Å². The molecule has 102 valence electrons. The summed E-state index contributed by atoms with van der Waals surface area (Å²) >= 11 is 7.14. The van der Waals surface area contributed by atoms with E-state index in [4.69, 9.17) is 5.73 Å². The average Bonchev–Trinajstić information content (AvgIpc) is 2.76. The lowest BCUT2D eigenvalue weighted by Gasteiger charge is -2.19. The molecule has 1 aromatic heterocycles. The number of aryl methyl sites for hydroxylation is 2. The fourth-order valence-corrected chi connectivity index (χ4v) is 4.74. The van der Waals surface area contributed by atoms with Gasteiger partial charge in [-0.05, 0) is 72.1 Å². The molecule has 0 fully saturated rings. The van der Waals surface area contributed by atoms with Crippen LogP contribution in [0.15, 0.2) is 39.0 Å². The zero-order valence-corrected chi connectivity index (χ0v) is 14.5. The summed E-state index contributed by atoms with van der Waals surface area (Å²) in [7, 11) is 0. The van der Waals surface area contributed by atoms with Crippen LogP contribution in [0, 0.1) is 13.8 Å². The number of thioether (sulfide) groups is 1. The van der Waals surface area contributed by atoms with Crippen molar-refractivity contribution in [3.05, 3.63) is 50.1 Å². The third-order valence-electron chi connectivity index (χ3n) is 3.09. The summed E-state index contributed by atoms with van der Waals surface area (Å²) < 4.78 is 1.16. The molecule has 1 heterocycles. The van der Waals surface area contributed by atoms with Crippen molar-refractivity contribution < 1.29 is 0 Å². The van der Waals surface area contributed by atoms with E-state index in [-0.39, 0.29) is 6.04 Å². The van der Waals surface area contributed by atoms with Crippen LogP contribution in [0.4, 0.5) is 0 Å². The number of rotatable bonds is 4. The lowest BCUT2D eigenvalue weighted by Crippen LogP contribution is -2.21. The molecule has 4 heteroatoms. The van der Waals surface area contributed by atoms with Crippen LogP contribution < -0.4 is 5.73 Å². The van der Waals surface area contributed by atoms with Crippen LogP contribution in [0.2, 0.25) is 0 Å². The Kier molecular flexibility index (Phi) is 5.12. The highest BCUT2D eigenvalue weighted by Crippen LogP contribution is 2.41. The Morgan fingerprint density at radius 2 is 1.89 bits per heavy atom. The molecule has 1 aromatic carbocycles. The van der Waals surface area contributed by atoms with Crippen LogP contribution in [0.1, 0.15) is 28.2 Å². The molecule has 0 aliphatic heterocycles. The molecule has 0 bridgehead atoms. The molecule has 0 saturated carbocycles. The van der Waals surface area contributed by atoms with Crippen molar-refractivity contribution in [2.75, 3.05) is 0 Å². The van der Waals surface area contributed by atoms with Gasteiger partial charge < -0.3 is 5.73 Å². The molecule has 2 aromatic rings. The van der Waals surface area contributed by atoms with E-state index in [2.05, 4.69) is 67.0 Å². The van der Waals surface area contributed by atoms with Crippen molar-refractivity contribution in [2.45, 2.75) is 37.0 Å². The first-order valence-corrected chi connectivity index (χ1v) is 8.71. The topological polar surface area (TPSA) is 26.0 Å². The Hall–Kier alpha value is -0.290. The van der Waals surface area contributed by atoms with Crippen LogP contribution >= 0.6 is 39.0 Å². The van der Waals surface area contributed by atoms with Crippen molar-refractivity contribution >= 4 is 39.0 Å². The minimum atomic E-state index is 0.122. The van der Waals surface area contributed by atoms with Crippen molar-refractivity contribution in [3.8, 4) is 0 Å². The van der Waals surface area contributed by atoms with Gasteiger partial charge >= 0.3 is 0 Å². The predicted octanol–water partition coefficient (Wildman–Crippen LogP) is 5.31. The van der Waals surface area contributed by atoms with E-state index >= 15 is 0 Å². The number of nitrogens with two attached hydrogens (primary N) is 1. The Labute approximate surface area is 131 Å². The van der Waals surface area contributed by atoms with Gasteiger partial charge in [-0.1, -0.05) is 6.07 Å². The molecule has 0 spiro atoms. The maximum absolute atomic E-state index is 6.16.